The third-order valence-corrected chi connectivity index (χ3v) is 1.56. The fourth-order valence-corrected chi connectivity index (χ4v) is 0.931. The largest absolute Gasteiger partial charge is 0.288 e. The standard InChI is InChI=1S/C12H13N/c1-2-3-7-10-13-11-12-8-5-4-6-9-12/h2-10H,1,11H2/b7-3+,13-10?. The number of rotatable bonds is 4. The van der Waals surface area contributed by atoms with Gasteiger partial charge >= 0.3 is 0 Å². The summed E-state index contributed by atoms with van der Waals surface area (Å²) in [5.74, 6) is 0. The van der Waals surface area contributed by atoms with Gasteiger partial charge in [-0.3, -0.25) is 4.99 Å². The highest BCUT2D eigenvalue weighted by Crippen LogP contribution is 1.99. The average Bonchev–Trinajstić information content (AvgIpc) is 2.19. The number of nitrogens with zero attached hydrogens (tertiary/aromatic N) is 1. The summed E-state index contributed by atoms with van der Waals surface area (Å²) < 4.78 is 0. The number of aliphatic imine (C=N–C) groups is 1. The molecule has 0 bridgehead atoms. The van der Waals surface area contributed by atoms with E-state index >= 15 is 0 Å². The molecule has 0 aliphatic heterocycles. The lowest BCUT2D eigenvalue weighted by Crippen LogP contribution is -1.79. The van der Waals surface area contributed by atoms with Crippen molar-refractivity contribution in [2.75, 3.05) is 0 Å². The number of benzene rings is 1. The van der Waals surface area contributed by atoms with Gasteiger partial charge in [0.05, 0.1) is 6.54 Å². The van der Waals surface area contributed by atoms with Crippen molar-refractivity contribution in [2.45, 2.75) is 6.54 Å². The van der Waals surface area contributed by atoms with Crippen LogP contribution in [-0.2, 0) is 6.54 Å². The Morgan fingerprint density at radius 3 is 2.62 bits per heavy atom. The van der Waals surface area contributed by atoms with E-state index in [1.54, 1.807) is 12.3 Å². The van der Waals surface area contributed by atoms with Crippen molar-refractivity contribution in [3.05, 3.63) is 60.7 Å². The normalized spacial score (nSPS) is 11.1. The summed E-state index contributed by atoms with van der Waals surface area (Å²) >= 11 is 0. The second-order valence-corrected chi connectivity index (χ2v) is 2.60. The lowest BCUT2D eigenvalue weighted by atomic mass is 10.2. The monoisotopic (exact) mass is 171 g/mol. The minimum atomic E-state index is 0.738. The zero-order valence-corrected chi connectivity index (χ0v) is 7.56. The molecule has 0 spiro atoms. The summed E-state index contributed by atoms with van der Waals surface area (Å²) in [5.41, 5.74) is 1.23. The summed E-state index contributed by atoms with van der Waals surface area (Å²) in [5, 5.41) is 0. The van der Waals surface area contributed by atoms with Gasteiger partial charge in [-0.15, -0.1) is 0 Å². The third kappa shape index (κ3) is 4.06. The van der Waals surface area contributed by atoms with Crippen molar-refractivity contribution in [2.24, 2.45) is 4.99 Å². The Hall–Kier alpha value is -1.63. The molecular formula is C12H13N. The third-order valence-electron chi connectivity index (χ3n) is 1.56. The molecule has 0 atom stereocenters. The van der Waals surface area contributed by atoms with E-state index in [1.807, 2.05) is 30.4 Å². The van der Waals surface area contributed by atoms with E-state index in [1.165, 1.54) is 5.56 Å². The van der Waals surface area contributed by atoms with Crippen LogP contribution in [0.2, 0.25) is 0 Å². The Kier molecular flexibility index (Phi) is 4.33. The molecule has 0 N–H and O–H groups in total. The van der Waals surface area contributed by atoms with E-state index in [0.29, 0.717) is 0 Å². The van der Waals surface area contributed by atoms with E-state index in [0.717, 1.165) is 6.54 Å². The molecule has 0 saturated heterocycles. The molecule has 1 rings (SSSR count). The number of hydrogen-bond acceptors (Lipinski definition) is 1. The summed E-state index contributed by atoms with van der Waals surface area (Å²) in [4.78, 5) is 4.22. The van der Waals surface area contributed by atoms with Gasteiger partial charge in [-0.1, -0.05) is 49.1 Å². The van der Waals surface area contributed by atoms with Crippen LogP contribution in [-0.4, -0.2) is 6.21 Å². The van der Waals surface area contributed by atoms with E-state index in [2.05, 4.69) is 23.7 Å². The van der Waals surface area contributed by atoms with Gasteiger partial charge in [0.2, 0.25) is 0 Å². The lowest BCUT2D eigenvalue weighted by molar-refractivity contribution is 1.08. The van der Waals surface area contributed by atoms with Gasteiger partial charge in [-0.25, -0.2) is 0 Å². The van der Waals surface area contributed by atoms with Crippen molar-refractivity contribution < 1.29 is 0 Å². The molecular weight excluding hydrogens is 158 g/mol. The van der Waals surface area contributed by atoms with E-state index in [4.69, 9.17) is 0 Å². The predicted octanol–water partition coefficient (Wildman–Crippen LogP) is 3.00. The van der Waals surface area contributed by atoms with Crippen LogP contribution in [0.5, 0.6) is 0 Å². The molecule has 13 heavy (non-hydrogen) atoms. The van der Waals surface area contributed by atoms with Gasteiger partial charge in [0.1, 0.15) is 0 Å². The summed E-state index contributed by atoms with van der Waals surface area (Å²) in [7, 11) is 0. The summed E-state index contributed by atoms with van der Waals surface area (Å²) in [6.45, 7) is 4.31. The smallest absolute Gasteiger partial charge is 0.0639 e. The molecule has 1 aromatic carbocycles. The van der Waals surface area contributed by atoms with Gasteiger partial charge in [0.25, 0.3) is 0 Å². The van der Waals surface area contributed by atoms with Crippen LogP contribution in [0.25, 0.3) is 0 Å². The van der Waals surface area contributed by atoms with Crippen LogP contribution in [0.4, 0.5) is 0 Å². The van der Waals surface area contributed by atoms with Gasteiger partial charge in [0.15, 0.2) is 0 Å². The molecule has 0 fully saturated rings. The van der Waals surface area contributed by atoms with E-state index < -0.39 is 0 Å². The van der Waals surface area contributed by atoms with Crippen molar-refractivity contribution in [3.63, 3.8) is 0 Å². The molecule has 66 valence electrons. The molecule has 0 amide bonds. The van der Waals surface area contributed by atoms with Gasteiger partial charge in [-0.05, 0) is 11.6 Å². The molecule has 1 nitrogen and oxygen atoms in total. The first kappa shape index (κ1) is 9.46. The molecule has 1 heteroatoms. The average molecular weight is 171 g/mol. The van der Waals surface area contributed by atoms with Crippen LogP contribution >= 0.6 is 0 Å². The highest BCUT2D eigenvalue weighted by atomic mass is 14.7. The number of allylic oxidation sites excluding steroid dienone is 3. The van der Waals surface area contributed by atoms with E-state index in [-0.39, 0.29) is 0 Å². The Bertz CT molecular complexity index is 296. The Labute approximate surface area is 79.1 Å². The molecule has 0 aliphatic carbocycles. The number of hydrogen-bond donors (Lipinski definition) is 0. The maximum atomic E-state index is 4.22. The lowest BCUT2D eigenvalue weighted by Gasteiger charge is -1.92. The predicted molar refractivity (Wildman–Crippen MR) is 58.0 cm³/mol. The maximum Gasteiger partial charge on any atom is 0.0639 e. The van der Waals surface area contributed by atoms with Crippen LogP contribution in [0.3, 0.4) is 0 Å². The first-order valence-corrected chi connectivity index (χ1v) is 4.25. The molecule has 1 aromatic rings. The highest BCUT2D eigenvalue weighted by Gasteiger charge is 1.84. The van der Waals surface area contributed by atoms with Crippen LogP contribution < -0.4 is 0 Å². The van der Waals surface area contributed by atoms with Gasteiger partial charge in [-0.2, -0.15) is 0 Å². The molecule has 0 heterocycles. The van der Waals surface area contributed by atoms with Crippen molar-refractivity contribution in [3.8, 4) is 0 Å². The minimum absolute atomic E-state index is 0.738. The van der Waals surface area contributed by atoms with Crippen molar-refractivity contribution in [1.29, 1.82) is 0 Å². The van der Waals surface area contributed by atoms with Gasteiger partial charge < -0.3 is 0 Å². The first-order chi connectivity index (χ1) is 6.43. The zero-order valence-electron chi connectivity index (χ0n) is 7.56. The molecule has 0 unspecified atom stereocenters. The molecule has 0 aromatic heterocycles. The second-order valence-electron chi connectivity index (χ2n) is 2.60. The Balaban J connectivity index is 2.39. The van der Waals surface area contributed by atoms with Gasteiger partial charge in [0, 0.05) is 6.21 Å². The van der Waals surface area contributed by atoms with E-state index in [9.17, 15) is 0 Å². The highest BCUT2D eigenvalue weighted by molar-refractivity contribution is 5.71. The summed E-state index contributed by atoms with van der Waals surface area (Å²) in [6.07, 6.45) is 7.24. The second kappa shape index (κ2) is 5.95. The zero-order chi connectivity index (χ0) is 9.36. The Morgan fingerprint density at radius 2 is 1.92 bits per heavy atom. The fourth-order valence-electron chi connectivity index (χ4n) is 0.931. The first-order valence-electron chi connectivity index (χ1n) is 4.25. The van der Waals surface area contributed by atoms with Crippen LogP contribution in [0.1, 0.15) is 5.56 Å². The molecule has 0 aliphatic rings. The summed E-state index contributed by atoms with van der Waals surface area (Å²) in [6, 6.07) is 10.2. The molecule has 0 saturated carbocycles. The fraction of sp³-hybridized carbons (Fsp3) is 0.0833. The maximum absolute atomic E-state index is 4.22. The Morgan fingerprint density at radius 1 is 1.15 bits per heavy atom. The SMILES string of the molecule is C=C/C=C/C=NCc1ccccc1. The van der Waals surface area contributed by atoms with Crippen molar-refractivity contribution in [1.82, 2.24) is 0 Å². The minimum Gasteiger partial charge on any atom is -0.288 e. The van der Waals surface area contributed by atoms with Crippen molar-refractivity contribution >= 4 is 6.21 Å². The topological polar surface area (TPSA) is 12.4 Å². The van der Waals surface area contributed by atoms with Crippen LogP contribution in [0, 0.1) is 0 Å². The van der Waals surface area contributed by atoms with Crippen LogP contribution in [0.15, 0.2) is 60.1 Å². The quantitative estimate of drug-likeness (QED) is 0.488. The molecule has 0 radical (unpaired) electrons.